The van der Waals surface area contributed by atoms with Crippen molar-refractivity contribution in [2.45, 2.75) is 50.7 Å². The fourth-order valence-electron chi connectivity index (χ4n) is 3.62. The Morgan fingerprint density at radius 2 is 2.17 bits per heavy atom. The lowest BCUT2D eigenvalue weighted by Crippen LogP contribution is -2.40. The molecule has 2 aliphatic rings. The summed E-state index contributed by atoms with van der Waals surface area (Å²) in [7, 11) is 0. The van der Waals surface area contributed by atoms with E-state index in [1.165, 1.54) is 12.8 Å². The van der Waals surface area contributed by atoms with E-state index in [-0.39, 0.29) is 11.6 Å². The van der Waals surface area contributed by atoms with Crippen LogP contribution in [-0.4, -0.2) is 31.3 Å². The second-order valence-electron chi connectivity index (χ2n) is 6.40. The quantitative estimate of drug-likeness (QED) is 0.647. The van der Waals surface area contributed by atoms with Gasteiger partial charge in [-0.1, -0.05) is 31.0 Å². The molecule has 1 aromatic carbocycles. The van der Waals surface area contributed by atoms with E-state index in [0.717, 1.165) is 37.2 Å². The van der Waals surface area contributed by atoms with Gasteiger partial charge in [-0.05, 0) is 25.8 Å². The van der Waals surface area contributed by atoms with Crippen molar-refractivity contribution in [2.75, 3.05) is 19.8 Å². The Kier molecular flexibility index (Phi) is 5.06. The van der Waals surface area contributed by atoms with Crippen LogP contribution in [0.15, 0.2) is 29.3 Å². The van der Waals surface area contributed by atoms with Gasteiger partial charge < -0.3 is 20.5 Å². The van der Waals surface area contributed by atoms with E-state index in [1.807, 2.05) is 25.1 Å². The van der Waals surface area contributed by atoms with Gasteiger partial charge in [0.2, 0.25) is 0 Å². The summed E-state index contributed by atoms with van der Waals surface area (Å²) in [6, 6.07) is 8.26. The Hall–Kier alpha value is -1.75. The van der Waals surface area contributed by atoms with E-state index in [2.05, 4.69) is 16.4 Å². The van der Waals surface area contributed by atoms with Crippen LogP contribution in [0.1, 0.15) is 50.6 Å². The van der Waals surface area contributed by atoms with Crippen LogP contribution in [0.25, 0.3) is 0 Å². The van der Waals surface area contributed by atoms with Gasteiger partial charge in [0.05, 0.1) is 24.8 Å². The van der Waals surface area contributed by atoms with E-state index in [9.17, 15) is 0 Å². The number of guanidine groups is 1. The number of nitrogens with one attached hydrogen (secondary N) is 1. The lowest BCUT2D eigenvalue weighted by Gasteiger charge is -2.29. The first kappa shape index (κ1) is 16.1. The van der Waals surface area contributed by atoms with Crippen LogP contribution in [0.2, 0.25) is 0 Å². The molecule has 3 N–H and O–H groups in total. The third-order valence-electron chi connectivity index (χ3n) is 4.78. The Morgan fingerprint density at radius 3 is 2.96 bits per heavy atom. The van der Waals surface area contributed by atoms with E-state index in [1.54, 1.807) is 0 Å². The number of aliphatic imine (C=N–C) groups is 1. The second kappa shape index (κ2) is 7.21. The number of rotatable bonds is 5. The van der Waals surface area contributed by atoms with E-state index in [0.29, 0.717) is 19.1 Å². The molecule has 1 unspecified atom stereocenters. The fraction of sp³-hybridized carbons (Fsp3) is 0.611. The van der Waals surface area contributed by atoms with Crippen LogP contribution in [0.5, 0.6) is 5.75 Å². The van der Waals surface area contributed by atoms with Crippen molar-refractivity contribution < 1.29 is 9.47 Å². The number of hydrogen-bond acceptors (Lipinski definition) is 3. The molecule has 1 saturated carbocycles. The molecule has 0 radical (unpaired) electrons. The highest BCUT2D eigenvalue weighted by molar-refractivity contribution is 5.78. The standard InChI is InChI=1S/C18H27N3O2/c1-2-23-18(10-5-6-11-18)13-20-17(19)21-15-9-12-22-16-8-4-3-7-14(15)16/h3-4,7-8,15H,2,5-6,9-13H2,1H3,(H3,19,20,21). The molecular formula is C18H27N3O2. The summed E-state index contributed by atoms with van der Waals surface area (Å²) in [4.78, 5) is 4.58. The zero-order chi connectivity index (χ0) is 16.1. The van der Waals surface area contributed by atoms with Gasteiger partial charge in [0.1, 0.15) is 5.75 Å². The fourth-order valence-corrected chi connectivity index (χ4v) is 3.62. The molecular weight excluding hydrogens is 290 g/mol. The van der Waals surface area contributed by atoms with E-state index < -0.39 is 0 Å². The van der Waals surface area contributed by atoms with Gasteiger partial charge in [-0.2, -0.15) is 0 Å². The summed E-state index contributed by atoms with van der Waals surface area (Å²) in [6.07, 6.45) is 5.49. The largest absolute Gasteiger partial charge is 0.493 e. The highest BCUT2D eigenvalue weighted by atomic mass is 16.5. The predicted octanol–water partition coefficient (Wildman–Crippen LogP) is 2.76. The Balaban J connectivity index is 1.64. The average molecular weight is 317 g/mol. The van der Waals surface area contributed by atoms with Gasteiger partial charge in [-0.25, -0.2) is 0 Å². The summed E-state index contributed by atoms with van der Waals surface area (Å²) >= 11 is 0. The molecule has 126 valence electrons. The molecule has 23 heavy (non-hydrogen) atoms. The first-order valence-electron chi connectivity index (χ1n) is 8.64. The van der Waals surface area contributed by atoms with Crippen molar-refractivity contribution in [3.05, 3.63) is 29.8 Å². The van der Waals surface area contributed by atoms with Gasteiger partial charge in [-0.15, -0.1) is 0 Å². The number of hydrogen-bond donors (Lipinski definition) is 2. The van der Waals surface area contributed by atoms with Crippen molar-refractivity contribution in [1.82, 2.24) is 5.32 Å². The minimum Gasteiger partial charge on any atom is -0.493 e. The SMILES string of the molecule is CCOC1(CN=C(N)NC2CCOc3ccccc32)CCCC1. The molecule has 1 aromatic rings. The molecule has 0 aromatic heterocycles. The maximum Gasteiger partial charge on any atom is 0.189 e. The molecule has 1 aliphatic heterocycles. The van der Waals surface area contributed by atoms with Crippen molar-refractivity contribution >= 4 is 5.96 Å². The zero-order valence-corrected chi connectivity index (χ0v) is 13.9. The predicted molar refractivity (Wildman–Crippen MR) is 91.7 cm³/mol. The number of fused-ring (bicyclic) bond motifs is 1. The minimum absolute atomic E-state index is 0.103. The van der Waals surface area contributed by atoms with Crippen molar-refractivity contribution in [3.63, 3.8) is 0 Å². The highest BCUT2D eigenvalue weighted by Crippen LogP contribution is 2.34. The van der Waals surface area contributed by atoms with Gasteiger partial charge in [0, 0.05) is 18.6 Å². The monoisotopic (exact) mass is 317 g/mol. The summed E-state index contributed by atoms with van der Waals surface area (Å²) in [5.41, 5.74) is 7.19. The molecule has 5 heteroatoms. The minimum atomic E-state index is -0.103. The summed E-state index contributed by atoms with van der Waals surface area (Å²) in [5.74, 6) is 1.43. The molecule has 1 fully saturated rings. The van der Waals surface area contributed by atoms with Gasteiger partial charge in [0.15, 0.2) is 5.96 Å². The Bertz CT molecular complexity index is 553. The highest BCUT2D eigenvalue weighted by Gasteiger charge is 2.34. The van der Waals surface area contributed by atoms with E-state index >= 15 is 0 Å². The summed E-state index contributed by atoms with van der Waals surface area (Å²) in [6.45, 7) is 4.12. The molecule has 0 bridgehead atoms. The van der Waals surface area contributed by atoms with Crippen LogP contribution in [0.4, 0.5) is 0 Å². The Labute approximate surface area is 138 Å². The first-order valence-corrected chi connectivity index (χ1v) is 8.64. The average Bonchev–Trinajstić information content (AvgIpc) is 3.03. The molecule has 0 spiro atoms. The lowest BCUT2D eigenvalue weighted by atomic mass is 10.0. The van der Waals surface area contributed by atoms with Crippen LogP contribution in [-0.2, 0) is 4.74 Å². The molecule has 1 heterocycles. The molecule has 5 nitrogen and oxygen atoms in total. The van der Waals surface area contributed by atoms with Crippen LogP contribution >= 0.6 is 0 Å². The maximum atomic E-state index is 6.14. The number of nitrogens with zero attached hydrogens (tertiary/aromatic N) is 1. The Morgan fingerprint density at radius 1 is 1.39 bits per heavy atom. The van der Waals surface area contributed by atoms with E-state index in [4.69, 9.17) is 15.2 Å². The zero-order valence-electron chi connectivity index (χ0n) is 13.9. The van der Waals surface area contributed by atoms with Gasteiger partial charge in [0.25, 0.3) is 0 Å². The molecule has 1 atom stereocenters. The van der Waals surface area contributed by atoms with Crippen molar-refractivity contribution in [1.29, 1.82) is 0 Å². The van der Waals surface area contributed by atoms with Crippen LogP contribution < -0.4 is 15.8 Å². The van der Waals surface area contributed by atoms with Crippen LogP contribution in [0.3, 0.4) is 0 Å². The summed E-state index contributed by atoms with van der Waals surface area (Å²) in [5, 5.41) is 3.35. The lowest BCUT2D eigenvalue weighted by molar-refractivity contribution is -0.0262. The van der Waals surface area contributed by atoms with Crippen molar-refractivity contribution in [3.8, 4) is 5.75 Å². The number of ether oxygens (including phenoxy) is 2. The molecule has 0 saturated heterocycles. The number of nitrogens with two attached hydrogens (primary N) is 1. The van der Waals surface area contributed by atoms with Crippen molar-refractivity contribution in [2.24, 2.45) is 10.7 Å². The molecule has 3 rings (SSSR count). The number of benzene rings is 1. The first-order chi connectivity index (χ1) is 11.2. The van der Waals surface area contributed by atoms with Gasteiger partial charge in [-0.3, -0.25) is 4.99 Å². The van der Waals surface area contributed by atoms with Gasteiger partial charge >= 0.3 is 0 Å². The third-order valence-corrected chi connectivity index (χ3v) is 4.78. The second-order valence-corrected chi connectivity index (χ2v) is 6.40. The smallest absolute Gasteiger partial charge is 0.189 e. The summed E-state index contributed by atoms with van der Waals surface area (Å²) < 4.78 is 11.7. The molecule has 0 amide bonds. The van der Waals surface area contributed by atoms with Crippen LogP contribution in [0, 0.1) is 0 Å². The molecule has 1 aliphatic carbocycles. The third kappa shape index (κ3) is 3.78. The number of para-hydroxylation sites is 1. The topological polar surface area (TPSA) is 68.9 Å². The normalized spacial score (nSPS) is 23.2. The maximum absolute atomic E-state index is 6.14.